The van der Waals surface area contributed by atoms with Gasteiger partial charge in [-0.25, -0.2) is 9.47 Å². The molecule has 2 aromatic carbocycles. The van der Waals surface area contributed by atoms with E-state index >= 15 is 0 Å². The van der Waals surface area contributed by atoms with Crippen LogP contribution in [-0.4, -0.2) is 28.8 Å². The molecule has 0 aliphatic rings. The molecule has 2 N–H and O–H groups in total. The molecule has 7 heteroatoms. The van der Waals surface area contributed by atoms with Gasteiger partial charge in [0.2, 0.25) is 0 Å². The first-order chi connectivity index (χ1) is 12.0. The summed E-state index contributed by atoms with van der Waals surface area (Å²) in [4.78, 5) is 36.3. The number of ether oxygens (including phenoxy) is 1. The number of pyridine rings is 1. The Morgan fingerprint density at radius 3 is 2.28 bits per heavy atom. The zero-order chi connectivity index (χ0) is 18.0. The van der Waals surface area contributed by atoms with Crippen molar-refractivity contribution in [3.8, 4) is 5.75 Å². The highest BCUT2D eigenvalue weighted by Gasteiger charge is 2.15. The van der Waals surface area contributed by atoms with Crippen LogP contribution < -0.4 is 15.7 Å². The maximum Gasteiger partial charge on any atom is 0.337 e. The molecule has 0 unspecified atom stereocenters. The third-order valence-corrected chi connectivity index (χ3v) is 3.73. The minimum absolute atomic E-state index is 0.0785. The van der Waals surface area contributed by atoms with Crippen molar-refractivity contribution in [3.05, 3.63) is 76.2 Å². The van der Waals surface area contributed by atoms with Gasteiger partial charge >= 0.3 is 5.97 Å². The summed E-state index contributed by atoms with van der Waals surface area (Å²) < 4.78 is 5.91. The first kappa shape index (κ1) is 16.3. The zero-order valence-electron chi connectivity index (χ0n) is 13.2. The predicted molar refractivity (Wildman–Crippen MR) is 91.9 cm³/mol. The maximum atomic E-state index is 12.5. The molecule has 0 aliphatic carbocycles. The molecule has 0 fully saturated rings. The van der Waals surface area contributed by atoms with Crippen LogP contribution in [0, 0.1) is 0 Å². The molecule has 0 bridgehead atoms. The number of nitrogens with one attached hydrogen (secondary N) is 1. The standard InChI is InChI=1S/C18H14N2O5/c1-25-12-8-6-11(7-9-12)16(21)19-20-10-15(18(23)24)13-4-2-3-5-14(13)17(20)22/h2-10H,1H3,(H,19,21)(H,23,24). The molecule has 0 saturated heterocycles. The van der Waals surface area contributed by atoms with Crippen LogP contribution in [0.5, 0.6) is 5.75 Å². The largest absolute Gasteiger partial charge is 0.497 e. The molecule has 1 aromatic heterocycles. The molecule has 1 heterocycles. The number of carboxylic acid groups (broad SMARTS) is 1. The summed E-state index contributed by atoms with van der Waals surface area (Å²) in [5.41, 5.74) is 2.13. The van der Waals surface area contributed by atoms with Crippen molar-refractivity contribution >= 4 is 22.6 Å². The minimum Gasteiger partial charge on any atom is -0.497 e. The van der Waals surface area contributed by atoms with Gasteiger partial charge in [-0.05, 0) is 30.3 Å². The van der Waals surface area contributed by atoms with Crippen molar-refractivity contribution in [2.75, 3.05) is 12.5 Å². The molecule has 0 radical (unpaired) electrons. The van der Waals surface area contributed by atoms with E-state index in [0.717, 1.165) is 10.9 Å². The van der Waals surface area contributed by atoms with E-state index in [1.807, 2.05) is 0 Å². The lowest BCUT2D eigenvalue weighted by molar-refractivity contribution is 0.0697. The number of fused-ring (bicyclic) bond motifs is 1. The number of carboxylic acids is 1. The highest BCUT2D eigenvalue weighted by molar-refractivity contribution is 6.04. The first-order valence-electron chi connectivity index (χ1n) is 7.34. The Morgan fingerprint density at radius 2 is 1.68 bits per heavy atom. The number of hydrogen-bond donors (Lipinski definition) is 2. The van der Waals surface area contributed by atoms with Crippen molar-refractivity contribution in [3.63, 3.8) is 0 Å². The van der Waals surface area contributed by atoms with Gasteiger partial charge in [-0.1, -0.05) is 18.2 Å². The fourth-order valence-electron chi connectivity index (χ4n) is 2.46. The number of methoxy groups -OCH3 is 1. The van der Waals surface area contributed by atoms with Gasteiger partial charge in [0.05, 0.1) is 12.7 Å². The van der Waals surface area contributed by atoms with E-state index in [1.54, 1.807) is 42.5 Å². The molecule has 7 nitrogen and oxygen atoms in total. The summed E-state index contributed by atoms with van der Waals surface area (Å²) in [6.45, 7) is 0. The van der Waals surface area contributed by atoms with Gasteiger partial charge in [-0.15, -0.1) is 0 Å². The van der Waals surface area contributed by atoms with Crippen LogP contribution in [0.4, 0.5) is 0 Å². The summed E-state index contributed by atoms with van der Waals surface area (Å²) in [6, 6.07) is 12.6. The van der Waals surface area contributed by atoms with Crippen molar-refractivity contribution < 1.29 is 19.4 Å². The third-order valence-electron chi connectivity index (χ3n) is 3.73. The average Bonchev–Trinajstić information content (AvgIpc) is 2.63. The molecule has 0 aliphatic heterocycles. The van der Waals surface area contributed by atoms with E-state index in [2.05, 4.69) is 5.43 Å². The Labute approximate surface area is 142 Å². The van der Waals surface area contributed by atoms with Crippen molar-refractivity contribution in [2.45, 2.75) is 0 Å². The number of benzene rings is 2. The van der Waals surface area contributed by atoms with E-state index in [4.69, 9.17) is 4.74 Å². The highest BCUT2D eigenvalue weighted by atomic mass is 16.5. The van der Waals surface area contributed by atoms with Gasteiger partial charge < -0.3 is 9.84 Å². The van der Waals surface area contributed by atoms with Crippen molar-refractivity contribution in [1.29, 1.82) is 0 Å². The van der Waals surface area contributed by atoms with Crippen LogP contribution in [0.15, 0.2) is 59.5 Å². The Morgan fingerprint density at radius 1 is 1.04 bits per heavy atom. The lowest BCUT2D eigenvalue weighted by Crippen LogP contribution is -2.33. The summed E-state index contributed by atoms with van der Waals surface area (Å²) in [5.74, 6) is -1.15. The Hall–Kier alpha value is -3.61. The number of carbonyl (C=O) groups excluding carboxylic acids is 1. The Kier molecular flexibility index (Phi) is 4.21. The van der Waals surface area contributed by atoms with E-state index in [9.17, 15) is 19.5 Å². The lowest BCUT2D eigenvalue weighted by Gasteiger charge is -2.11. The molecular weight excluding hydrogens is 324 g/mol. The van der Waals surface area contributed by atoms with Gasteiger partial charge in [-0.3, -0.25) is 15.0 Å². The summed E-state index contributed by atoms with van der Waals surface area (Å²) in [7, 11) is 1.51. The predicted octanol–water partition coefficient (Wildman–Crippen LogP) is 2.09. The quantitative estimate of drug-likeness (QED) is 0.759. The first-order valence-corrected chi connectivity index (χ1v) is 7.34. The van der Waals surface area contributed by atoms with Gasteiger partial charge in [0, 0.05) is 22.5 Å². The van der Waals surface area contributed by atoms with Crippen LogP contribution in [0.25, 0.3) is 10.8 Å². The van der Waals surface area contributed by atoms with Crippen LogP contribution in [0.3, 0.4) is 0 Å². The molecule has 3 rings (SSSR count). The topological polar surface area (TPSA) is 97.6 Å². The molecule has 0 atom stereocenters. The number of nitrogens with zero attached hydrogens (tertiary/aromatic N) is 1. The van der Waals surface area contributed by atoms with Crippen LogP contribution in [-0.2, 0) is 0 Å². The molecule has 126 valence electrons. The van der Waals surface area contributed by atoms with E-state index in [0.29, 0.717) is 16.7 Å². The molecule has 3 aromatic rings. The molecule has 25 heavy (non-hydrogen) atoms. The summed E-state index contributed by atoms with van der Waals surface area (Å²) in [5, 5.41) is 9.89. The van der Waals surface area contributed by atoms with E-state index < -0.39 is 17.4 Å². The summed E-state index contributed by atoms with van der Waals surface area (Å²) in [6.07, 6.45) is 1.11. The number of amides is 1. The smallest absolute Gasteiger partial charge is 0.337 e. The fourth-order valence-corrected chi connectivity index (χ4v) is 2.46. The van der Waals surface area contributed by atoms with Crippen molar-refractivity contribution in [2.24, 2.45) is 0 Å². The van der Waals surface area contributed by atoms with Crippen LogP contribution in [0.1, 0.15) is 20.7 Å². The second-order valence-corrected chi connectivity index (χ2v) is 5.24. The van der Waals surface area contributed by atoms with Crippen molar-refractivity contribution in [1.82, 2.24) is 4.68 Å². The SMILES string of the molecule is COc1ccc(C(=O)Nn2cc(C(=O)O)c3ccccc3c2=O)cc1. The van der Waals surface area contributed by atoms with Gasteiger partial charge in [0.25, 0.3) is 11.5 Å². The zero-order valence-corrected chi connectivity index (χ0v) is 13.2. The van der Waals surface area contributed by atoms with Gasteiger partial charge in [-0.2, -0.15) is 0 Å². The minimum atomic E-state index is -1.19. The fraction of sp³-hybridized carbons (Fsp3) is 0.0556. The number of aromatic carboxylic acids is 1. The molecule has 0 spiro atoms. The molecule has 0 saturated carbocycles. The molecule has 1 amide bonds. The lowest BCUT2D eigenvalue weighted by atomic mass is 10.1. The van der Waals surface area contributed by atoms with Gasteiger partial charge in [0.1, 0.15) is 5.75 Å². The third kappa shape index (κ3) is 3.07. The second-order valence-electron chi connectivity index (χ2n) is 5.24. The van der Waals surface area contributed by atoms with E-state index in [-0.39, 0.29) is 10.9 Å². The Bertz CT molecular complexity index is 1020. The number of aromatic nitrogens is 1. The normalized spacial score (nSPS) is 10.4. The second kappa shape index (κ2) is 6.48. The maximum absolute atomic E-state index is 12.5. The van der Waals surface area contributed by atoms with Crippen LogP contribution in [0.2, 0.25) is 0 Å². The van der Waals surface area contributed by atoms with Crippen LogP contribution >= 0.6 is 0 Å². The highest BCUT2D eigenvalue weighted by Crippen LogP contribution is 2.15. The summed E-state index contributed by atoms with van der Waals surface area (Å²) >= 11 is 0. The monoisotopic (exact) mass is 338 g/mol. The number of carbonyl (C=O) groups is 2. The Balaban J connectivity index is 2.03. The molecular formula is C18H14N2O5. The van der Waals surface area contributed by atoms with Gasteiger partial charge in [0.15, 0.2) is 0 Å². The van der Waals surface area contributed by atoms with E-state index in [1.165, 1.54) is 13.2 Å². The number of rotatable bonds is 4. The number of hydrogen-bond acceptors (Lipinski definition) is 4. The average molecular weight is 338 g/mol.